The van der Waals surface area contributed by atoms with Gasteiger partial charge in [0.1, 0.15) is 5.76 Å². The van der Waals surface area contributed by atoms with E-state index in [0.29, 0.717) is 18.4 Å². The smallest absolute Gasteiger partial charge is 0.222 e. The molecular weight excluding hydrogens is 354 g/mol. The number of hydrogen-bond donors (Lipinski definition) is 2. The van der Waals surface area contributed by atoms with E-state index >= 15 is 0 Å². The minimum atomic E-state index is 0.298. The van der Waals surface area contributed by atoms with Gasteiger partial charge in [-0.3, -0.25) is 14.7 Å². The normalized spacial score (nSPS) is 20.9. The van der Waals surface area contributed by atoms with Crippen LogP contribution in [-0.4, -0.2) is 73.5 Å². The summed E-state index contributed by atoms with van der Waals surface area (Å²) in [6.07, 6.45) is 7.70. The maximum absolute atomic E-state index is 11.7. The van der Waals surface area contributed by atoms with Crippen molar-refractivity contribution in [3.05, 3.63) is 24.2 Å². The van der Waals surface area contributed by atoms with Crippen molar-refractivity contribution >= 4 is 11.9 Å². The highest BCUT2D eigenvalue weighted by molar-refractivity contribution is 5.80. The van der Waals surface area contributed by atoms with Gasteiger partial charge in [0, 0.05) is 45.1 Å². The van der Waals surface area contributed by atoms with E-state index in [4.69, 9.17) is 9.41 Å². The molecule has 0 radical (unpaired) electrons. The first-order chi connectivity index (χ1) is 13.8. The topological polar surface area (TPSA) is 73.1 Å². The number of nitrogens with one attached hydrogen (secondary N) is 2. The Morgan fingerprint density at radius 2 is 2.18 bits per heavy atom. The molecule has 2 N–H and O–H groups in total. The van der Waals surface area contributed by atoms with Crippen molar-refractivity contribution in [2.45, 2.75) is 51.5 Å². The average Bonchev–Trinajstić information content (AvgIpc) is 3.45. The molecule has 28 heavy (non-hydrogen) atoms. The van der Waals surface area contributed by atoms with E-state index in [2.05, 4.69) is 22.5 Å². The van der Waals surface area contributed by atoms with E-state index in [1.54, 1.807) is 6.26 Å². The van der Waals surface area contributed by atoms with E-state index in [-0.39, 0.29) is 0 Å². The van der Waals surface area contributed by atoms with Crippen molar-refractivity contribution in [1.29, 1.82) is 0 Å². The van der Waals surface area contributed by atoms with Crippen LogP contribution in [-0.2, 0) is 11.2 Å². The standard InChI is InChI=1S/C21H35N5O2/c1-2-25-13-3-7-18(25)17-24-21(23-12-10-19-8-5-16-28-19)22-11-6-15-26-14-4-9-20(26)27/h5,8,16,18H,2-4,6-7,9-15,17H2,1H3,(H2,22,23,24). The Labute approximate surface area is 168 Å². The zero-order valence-corrected chi connectivity index (χ0v) is 17.2. The maximum atomic E-state index is 11.7. The zero-order valence-electron chi connectivity index (χ0n) is 17.2. The maximum Gasteiger partial charge on any atom is 0.222 e. The highest BCUT2D eigenvalue weighted by Gasteiger charge is 2.22. The van der Waals surface area contributed by atoms with Gasteiger partial charge in [-0.05, 0) is 50.9 Å². The van der Waals surface area contributed by atoms with Crippen LogP contribution in [0, 0.1) is 0 Å². The number of carbonyl (C=O) groups excluding carboxylic acids is 1. The van der Waals surface area contributed by atoms with Gasteiger partial charge >= 0.3 is 0 Å². The second-order valence-corrected chi connectivity index (χ2v) is 7.63. The molecule has 3 rings (SSSR count). The van der Waals surface area contributed by atoms with Crippen LogP contribution in [0.25, 0.3) is 0 Å². The Kier molecular flexibility index (Phi) is 8.21. The predicted octanol–water partition coefficient (Wildman–Crippen LogP) is 1.85. The van der Waals surface area contributed by atoms with Gasteiger partial charge in [0.05, 0.1) is 12.8 Å². The average molecular weight is 390 g/mol. The lowest BCUT2D eigenvalue weighted by atomic mass is 10.2. The van der Waals surface area contributed by atoms with Gasteiger partial charge in [0.15, 0.2) is 5.96 Å². The molecule has 2 saturated heterocycles. The minimum Gasteiger partial charge on any atom is -0.469 e. The molecular formula is C21H35N5O2. The second kappa shape index (κ2) is 11.1. The Hall–Kier alpha value is -2.02. The van der Waals surface area contributed by atoms with Gasteiger partial charge in [-0.25, -0.2) is 0 Å². The van der Waals surface area contributed by atoms with E-state index in [1.165, 1.54) is 19.4 Å². The van der Waals surface area contributed by atoms with Gasteiger partial charge in [-0.2, -0.15) is 0 Å². The second-order valence-electron chi connectivity index (χ2n) is 7.63. The van der Waals surface area contributed by atoms with Crippen LogP contribution in [0.5, 0.6) is 0 Å². The largest absolute Gasteiger partial charge is 0.469 e. The SMILES string of the molecule is CCN1CCCC1CN=C(NCCCN1CCCC1=O)NCCc1ccco1. The molecule has 3 heterocycles. The van der Waals surface area contributed by atoms with Gasteiger partial charge in [0.25, 0.3) is 0 Å². The molecule has 1 amide bonds. The molecule has 1 aromatic heterocycles. The molecule has 2 aliphatic heterocycles. The number of rotatable bonds is 10. The van der Waals surface area contributed by atoms with E-state index < -0.39 is 0 Å². The molecule has 1 aromatic rings. The molecule has 2 aliphatic rings. The quantitative estimate of drug-likeness (QED) is 0.363. The van der Waals surface area contributed by atoms with E-state index in [9.17, 15) is 4.79 Å². The number of likely N-dealkylation sites (N-methyl/N-ethyl adjacent to an activating group) is 1. The van der Waals surface area contributed by atoms with Crippen LogP contribution in [0.3, 0.4) is 0 Å². The number of furan rings is 1. The molecule has 1 atom stereocenters. The molecule has 2 fully saturated rings. The van der Waals surface area contributed by atoms with Crippen LogP contribution in [0.15, 0.2) is 27.8 Å². The summed E-state index contributed by atoms with van der Waals surface area (Å²) in [7, 11) is 0. The van der Waals surface area contributed by atoms with Crippen molar-refractivity contribution in [2.75, 3.05) is 45.8 Å². The monoisotopic (exact) mass is 389 g/mol. The molecule has 0 spiro atoms. The fourth-order valence-corrected chi connectivity index (χ4v) is 4.07. The molecule has 1 unspecified atom stereocenters. The van der Waals surface area contributed by atoms with Crippen LogP contribution in [0.1, 0.15) is 44.8 Å². The third kappa shape index (κ3) is 6.26. The van der Waals surface area contributed by atoms with Gasteiger partial charge in [-0.15, -0.1) is 0 Å². The first kappa shape index (κ1) is 20.7. The molecule has 0 aromatic carbocycles. The van der Waals surface area contributed by atoms with E-state index in [0.717, 1.165) is 70.3 Å². The summed E-state index contributed by atoms with van der Waals surface area (Å²) in [6.45, 7) is 8.68. The third-order valence-corrected chi connectivity index (χ3v) is 5.68. The number of aliphatic imine (C=N–C) groups is 1. The lowest BCUT2D eigenvalue weighted by Crippen LogP contribution is -2.41. The van der Waals surface area contributed by atoms with Crippen molar-refractivity contribution in [3.63, 3.8) is 0 Å². The van der Waals surface area contributed by atoms with Crippen molar-refractivity contribution < 1.29 is 9.21 Å². The Bertz CT molecular complexity index is 616. The van der Waals surface area contributed by atoms with Crippen molar-refractivity contribution in [1.82, 2.24) is 20.4 Å². The highest BCUT2D eigenvalue weighted by Crippen LogP contribution is 2.16. The molecule has 7 heteroatoms. The number of likely N-dealkylation sites (tertiary alicyclic amines) is 2. The Morgan fingerprint density at radius 1 is 1.29 bits per heavy atom. The van der Waals surface area contributed by atoms with Crippen LogP contribution >= 0.6 is 0 Å². The molecule has 156 valence electrons. The molecule has 7 nitrogen and oxygen atoms in total. The number of guanidine groups is 1. The first-order valence-corrected chi connectivity index (χ1v) is 10.8. The van der Waals surface area contributed by atoms with E-state index in [1.807, 2.05) is 17.0 Å². The summed E-state index contributed by atoms with van der Waals surface area (Å²) < 4.78 is 5.41. The lowest BCUT2D eigenvalue weighted by Gasteiger charge is -2.22. The number of nitrogens with zero attached hydrogens (tertiary/aromatic N) is 3. The molecule has 0 saturated carbocycles. The fraction of sp³-hybridized carbons (Fsp3) is 0.714. The highest BCUT2D eigenvalue weighted by atomic mass is 16.3. The Balaban J connectivity index is 1.44. The number of hydrogen-bond acceptors (Lipinski definition) is 4. The summed E-state index contributed by atoms with van der Waals surface area (Å²) in [5.41, 5.74) is 0. The zero-order chi connectivity index (χ0) is 19.6. The predicted molar refractivity (Wildman–Crippen MR) is 111 cm³/mol. The number of carbonyl (C=O) groups is 1. The molecule has 0 aliphatic carbocycles. The Morgan fingerprint density at radius 3 is 2.93 bits per heavy atom. The van der Waals surface area contributed by atoms with Gasteiger partial charge < -0.3 is 20.0 Å². The summed E-state index contributed by atoms with van der Waals surface area (Å²) in [4.78, 5) is 21.1. The van der Waals surface area contributed by atoms with Crippen molar-refractivity contribution in [3.8, 4) is 0 Å². The molecule has 0 bridgehead atoms. The first-order valence-electron chi connectivity index (χ1n) is 10.8. The van der Waals surface area contributed by atoms with Gasteiger partial charge in [-0.1, -0.05) is 6.92 Å². The van der Waals surface area contributed by atoms with Crippen molar-refractivity contribution in [2.24, 2.45) is 4.99 Å². The van der Waals surface area contributed by atoms with Gasteiger partial charge in [0.2, 0.25) is 5.91 Å². The third-order valence-electron chi connectivity index (χ3n) is 5.68. The lowest BCUT2D eigenvalue weighted by molar-refractivity contribution is -0.127. The minimum absolute atomic E-state index is 0.298. The summed E-state index contributed by atoms with van der Waals surface area (Å²) in [5, 5.41) is 6.88. The summed E-state index contributed by atoms with van der Waals surface area (Å²) >= 11 is 0. The fourth-order valence-electron chi connectivity index (χ4n) is 4.07. The summed E-state index contributed by atoms with van der Waals surface area (Å²) in [6, 6.07) is 4.47. The van der Waals surface area contributed by atoms with Crippen LogP contribution in [0.2, 0.25) is 0 Å². The van der Waals surface area contributed by atoms with Crippen LogP contribution in [0.4, 0.5) is 0 Å². The number of amides is 1. The van der Waals surface area contributed by atoms with Crippen LogP contribution < -0.4 is 10.6 Å². The summed E-state index contributed by atoms with van der Waals surface area (Å²) in [5.74, 6) is 2.14.